The van der Waals surface area contributed by atoms with Gasteiger partial charge in [0.05, 0.1) is 0 Å². The molecular formula is C21H20F3N3O2. The van der Waals surface area contributed by atoms with Crippen molar-refractivity contribution in [1.29, 1.82) is 0 Å². The third-order valence-electron chi connectivity index (χ3n) is 4.50. The SMILES string of the molecule is O=C(C=Cc1ccc(CNCCc2c(C(F)(F)F)[nH]c3ccccc23)cc1)NO. The van der Waals surface area contributed by atoms with Gasteiger partial charge in [-0.05, 0) is 41.8 Å². The molecule has 0 spiro atoms. The van der Waals surface area contributed by atoms with E-state index in [1.165, 1.54) is 11.6 Å². The first-order valence-electron chi connectivity index (χ1n) is 8.97. The number of hydroxylamine groups is 1. The lowest BCUT2D eigenvalue weighted by atomic mass is 10.1. The quantitative estimate of drug-likeness (QED) is 0.208. The lowest BCUT2D eigenvalue weighted by molar-refractivity contribution is -0.141. The summed E-state index contributed by atoms with van der Waals surface area (Å²) in [5.74, 6) is -0.619. The number of aromatic amines is 1. The molecule has 0 atom stereocenters. The van der Waals surface area contributed by atoms with Gasteiger partial charge >= 0.3 is 6.18 Å². The van der Waals surface area contributed by atoms with E-state index in [0.717, 1.165) is 11.1 Å². The molecule has 8 heteroatoms. The largest absolute Gasteiger partial charge is 0.431 e. The van der Waals surface area contributed by atoms with Crippen LogP contribution in [0.2, 0.25) is 0 Å². The molecule has 1 aromatic heterocycles. The maximum Gasteiger partial charge on any atom is 0.431 e. The number of nitrogens with one attached hydrogen (secondary N) is 3. The van der Waals surface area contributed by atoms with Crippen LogP contribution in [0.25, 0.3) is 17.0 Å². The molecule has 0 aliphatic rings. The summed E-state index contributed by atoms with van der Waals surface area (Å²) in [6.07, 6.45) is -1.42. The van der Waals surface area contributed by atoms with E-state index < -0.39 is 17.8 Å². The van der Waals surface area contributed by atoms with Crippen LogP contribution >= 0.6 is 0 Å². The summed E-state index contributed by atoms with van der Waals surface area (Å²) >= 11 is 0. The number of carbonyl (C=O) groups is 1. The molecule has 3 rings (SSSR count). The van der Waals surface area contributed by atoms with E-state index in [1.54, 1.807) is 42.5 Å². The van der Waals surface area contributed by atoms with Gasteiger partial charge in [0.2, 0.25) is 0 Å². The van der Waals surface area contributed by atoms with Gasteiger partial charge < -0.3 is 10.3 Å². The minimum absolute atomic E-state index is 0.246. The molecule has 0 unspecified atom stereocenters. The molecule has 4 N–H and O–H groups in total. The van der Waals surface area contributed by atoms with E-state index in [-0.39, 0.29) is 12.0 Å². The van der Waals surface area contributed by atoms with E-state index in [2.05, 4.69) is 10.3 Å². The summed E-state index contributed by atoms with van der Waals surface area (Å²) < 4.78 is 40.0. The van der Waals surface area contributed by atoms with Gasteiger partial charge in [0.15, 0.2) is 0 Å². The van der Waals surface area contributed by atoms with E-state index in [0.29, 0.717) is 24.0 Å². The van der Waals surface area contributed by atoms with Crippen LogP contribution in [-0.4, -0.2) is 22.6 Å². The highest BCUT2D eigenvalue weighted by atomic mass is 19.4. The molecule has 152 valence electrons. The lowest BCUT2D eigenvalue weighted by Crippen LogP contribution is -2.18. The van der Waals surface area contributed by atoms with Crippen LogP contribution in [0.5, 0.6) is 0 Å². The molecule has 3 aromatic rings. The molecule has 0 radical (unpaired) electrons. The van der Waals surface area contributed by atoms with E-state index in [9.17, 15) is 18.0 Å². The summed E-state index contributed by atoms with van der Waals surface area (Å²) in [5, 5.41) is 12.2. The number of amides is 1. The van der Waals surface area contributed by atoms with Crippen molar-refractivity contribution < 1.29 is 23.2 Å². The second kappa shape index (κ2) is 8.93. The number of H-pyrrole nitrogens is 1. The fourth-order valence-electron chi connectivity index (χ4n) is 3.10. The molecule has 0 aliphatic heterocycles. The zero-order valence-electron chi connectivity index (χ0n) is 15.4. The molecule has 1 amide bonds. The van der Waals surface area contributed by atoms with Gasteiger partial charge in [0.1, 0.15) is 5.69 Å². The third kappa shape index (κ3) is 5.24. The Kier molecular flexibility index (Phi) is 6.36. The normalized spacial score (nSPS) is 12.0. The van der Waals surface area contributed by atoms with E-state index in [1.807, 2.05) is 12.1 Å². The molecule has 0 saturated carbocycles. The summed E-state index contributed by atoms with van der Waals surface area (Å²) in [4.78, 5) is 13.5. The van der Waals surface area contributed by atoms with Crippen LogP contribution in [-0.2, 0) is 23.9 Å². The lowest BCUT2D eigenvalue weighted by Gasteiger charge is -2.09. The van der Waals surface area contributed by atoms with Crippen molar-refractivity contribution in [2.45, 2.75) is 19.1 Å². The van der Waals surface area contributed by atoms with Gasteiger partial charge in [0.25, 0.3) is 5.91 Å². The van der Waals surface area contributed by atoms with Gasteiger partial charge in [-0.15, -0.1) is 0 Å². The van der Waals surface area contributed by atoms with E-state index >= 15 is 0 Å². The third-order valence-corrected chi connectivity index (χ3v) is 4.50. The molecule has 0 aliphatic carbocycles. The topological polar surface area (TPSA) is 77.2 Å². The van der Waals surface area contributed by atoms with Crippen molar-refractivity contribution in [1.82, 2.24) is 15.8 Å². The Hall–Kier alpha value is -3.10. The van der Waals surface area contributed by atoms with Crippen LogP contribution < -0.4 is 10.8 Å². The molecule has 5 nitrogen and oxygen atoms in total. The van der Waals surface area contributed by atoms with Crippen molar-refractivity contribution in [3.63, 3.8) is 0 Å². The van der Waals surface area contributed by atoms with Crippen molar-refractivity contribution >= 4 is 22.9 Å². The maximum absolute atomic E-state index is 13.3. The van der Waals surface area contributed by atoms with Crippen LogP contribution in [0, 0.1) is 0 Å². The average Bonchev–Trinajstić information content (AvgIpc) is 3.09. The summed E-state index contributed by atoms with van der Waals surface area (Å²) in [6.45, 7) is 0.897. The Morgan fingerprint density at radius 1 is 1.10 bits per heavy atom. The highest BCUT2D eigenvalue weighted by molar-refractivity contribution is 5.90. The molecule has 0 bridgehead atoms. The number of aromatic nitrogens is 1. The standard InChI is InChI=1S/C21H20F3N3O2/c22-21(23,24)20-17(16-3-1-2-4-18(16)26-20)11-12-25-13-15-7-5-14(6-8-15)9-10-19(28)27-29/h1-10,25-26,29H,11-13H2,(H,27,28). The fourth-order valence-corrected chi connectivity index (χ4v) is 3.10. The highest BCUT2D eigenvalue weighted by Gasteiger charge is 2.35. The number of para-hydroxylation sites is 1. The monoisotopic (exact) mass is 403 g/mol. The van der Waals surface area contributed by atoms with Crippen molar-refractivity contribution in [2.24, 2.45) is 0 Å². The summed E-state index contributed by atoms with van der Waals surface area (Å²) in [6, 6.07) is 14.1. The predicted molar refractivity (Wildman–Crippen MR) is 104 cm³/mol. The van der Waals surface area contributed by atoms with Crippen molar-refractivity contribution in [3.05, 3.63) is 77.0 Å². The number of carbonyl (C=O) groups excluding carboxylic acids is 1. The van der Waals surface area contributed by atoms with Crippen LogP contribution in [0.1, 0.15) is 22.4 Å². The second-order valence-electron chi connectivity index (χ2n) is 6.50. The number of hydrogen-bond donors (Lipinski definition) is 4. The first kappa shape index (κ1) is 20.6. The van der Waals surface area contributed by atoms with Gasteiger partial charge in [-0.3, -0.25) is 10.0 Å². The molecule has 0 saturated heterocycles. The Morgan fingerprint density at radius 2 is 1.83 bits per heavy atom. The Labute approximate surface area is 165 Å². The first-order valence-corrected chi connectivity index (χ1v) is 8.97. The number of fused-ring (bicyclic) bond motifs is 1. The zero-order valence-corrected chi connectivity index (χ0v) is 15.4. The fraction of sp³-hybridized carbons (Fsp3) is 0.190. The maximum atomic E-state index is 13.3. The number of benzene rings is 2. The Balaban J connectivity index is 1.60. The Morgan fingerprint density at radius 3 is 2.52 bits per heavy atom. The number of alkyl halides is 3. The number of hydrogen-bond acceptors (Lipinski definition) is 3. The Bertz CT molecular complexity index is 1010. The van der Waals surface area contributed by atoms with E-state index in [4.69, 9.17) is 5.21 Å². The zero-order chi connectivity index (χ0) is 20.9. The molecule has 29 heavy (non-hydrogen) atoms. The molecule has 1 heterocycles. The summed E-state index contributed by atoms with van der Waals surface area (Å²) in [5.41, 5.74) is 3.31. The number of rotatable bonds is 7. The average molecular weight is 403 g/mol. The van der Waals surface area contributed by atoms with Crippen LogP contribution in [0.4, 0.5) is 13.2 Å². The molecule has 2 aromatic carbocycles. The number of halogens is 3. The first-order chi connectivity index (χ1) is 13.9. The minimum Gasteiger partial charge on any atom is -0.351 e. The predicted octanol–water partition coefficient (Wildman–Crippen LogP) is 4.04. The van der Waals surface area contributed by atoms with Crippen molar-refractivity contribution in [2.75, 3.05) is 6.54 Å². The minimum atomic E-state index is -4.43. The van der Waals surface area contributed by atoms with Crippen LogP contribution in [0.3, 0.4) is 0 Å². The second-order valence-corrected chi connectivity index (χ2v) is 6.50. The van der Waals surface area contributed by atoms with Gasteiger partial charge in [0, 0.05) is 23.5 Å². The summed E-state index contributed by atoms with van der Waals surface area (Å²) in [7, 11) is 0. The van der Waals surface area contributed by atoms with Gasteiger partial charge in [-0.25, -0.2) is 5.48 Å². The van der Waals surface area contributed by atoms with Gasteiger partial charge in [-0.1, -0.05) is 42.5 Å². The molecule has 0 fully saturated rings. The van der Waals surface area contributed by atoms with Crippen molar-refractivity contribution in [3.8, 4) is 0 Å². The van der Waals surface area contributed by atoms with Gasteiger partial charge in [-0.2, -0.15) is 13.2 Å². The smallest absolute Gasteiger partial charge is 0.351 e. The highest BCUT2D eigenvalue weighted by Crippen LogP contribution is 2.35. The van der Waals surface area contributed by atoms with Crippen LogP contribution in [0.15, 0.2) is 54.6 Å². The molecular weight excluding hydrogens is 383 g/mol.